The first-order valence-electron chi connectivity index (χ1n) is 7.48. The van der Waals surface area contributed by atoms with Gasteiger partial charge in [0.2, 0.25) is 0 Å². The Balaban J connectivity index is 1.66. The Morgan fingerprint density at radius 2 is 2.10 bits per heavy atom. The van der Waals surface area contributed by atoms with Crippen molar-refractivity contribution in [2.45, 2.75) is 36.8 Å². The van der Waals surface area contributed by atoms with Gasteiger partial charge < -0.3 is 5.73 Å². The third-order valence-electron chi connectivity index (χ3n) is 4.02. The lowest BCUT2D eigenvalue weighted by Gasteiger charge is -2.22. The molecule has 1 heterocycles. The Kier molecular flexibility index (Phi) is 4.56. The molecule has 1 aliphatic rings. The summed E-state index contributed by atoms with van der Waals surface area (Å²) in [7, 11) is 0. The molecule has 2 aromatic rings. The molecular weight excluding hydrogens is 278 g/mol. The number of thioether (sulfide) groups is 1. The molecule has 0 saturated heterocycles. The van der Waals surface area contributed by atoms with Crippen molar-refractivity contribution < 1.29 is 0 Å². The van der Waals surface area contributed by atoms with E-state index < -0.39 is 0 Å². The highest BCUT2D eigenvalue weighted by atomic mass is 32.2. The van der Waals surface area contributed by atoms with E-state index in [-0.39, 0.29) is 0 Å². The Bertz CT molecular complexity index is 610. The molecule has 21 heavy (non-hydrogen) atoms. The molecule has 0 saturated carbocycles. The minimum Gasteiger partial charge on any atom is -0.330 e. The van der Waals surface area contributed by atoms with Gasteiger partial charge in [0.25, 0.3) is 0 Å². The maximum Gasteiger partial charge on any atom is 0.138 e. The quantitative estimate of drug-likeness (QED) is 0.881. The molecule has 1 atom stereocenters. The summed E-state index contributed by atoms with van der Waals surface area (Å²) in [5.41, 5.74) is 9.58. The lowest BCUT2D eigenvalue weighted by molar-refractivity contribution is 0.460. The standard InChI is InChI=1S/C17H21N3S/c1-12-2-5-15(6-3-12)21-11-17-19-10-14-8-13(9-18)4-7-16(14)20-17/h2-3,5-6,10,13H,4,7-9,11,18H2,1H3. The van der Waals surface area contributed by atoms with Crippen molar-refractivity contribution in [1.82, 2.24) is 9.97 Å². The van der Waals surface area contributed by atoms with Crippen LogP contribution >= 0.6 is 11.8 Å². The topological polar surface area (TPSA) is 51.8 Å². The number of aromatic nitrogens is 2. The second kappa shape index (κ2) is 6.58. The number of hydrogen-bond acceptors (Lipinski definition) is 4. The van der Waals surface area contributed by atoms with Gasteiger partial charge in [-0.25, -0.2) is 9.97 Å². The first-order valence-corrected chi connectivity index (χ1v) is 8.46. The summed E-state index contributed by atoms with van der Waals surface area (Å²) in [5, 5.41) is 0. The number of benzene rings is 1. The lowest BCUT2D eigenvalue weighted by atomic mass is 9.87. The Labute approximate surface area is 130 Å². The molecular formula is C17H21N3S. The number of aryl methyl sites for hydroxylation is 2. The van der Waals surface area contributed by atoms with E-state index in [1.165, 1.54) is 21.7 Å². The fourth-order valence-electron chi connectivity index (χ4n) is 2.68. The summed E-state index contributed by atoms with van der Waals surface area (Å²) in [6.45, 7) is 2.88. The van der Waals surface area contributed by atoms with Crippen LogP contribution in [-0.4, -0.2) is 16.5 Å². The fourth-order valence-corrected chi connectivity index (χ4v) is 3.44. The lowest BCUT2D eigenvalue weighted by Crippen LogP contribution is -2.23. The van der Waals surface area contributed by atoms with Crippen molar-refractivity contribution in [1.29, 1.82) is 0 Å². The van der Waals surface area contributed by atoms with E-state index in [0.717, 1.165) is 37.4 Å². The molecule has 0 fully saturated rings. The predicted octanol–water partition coefficient (Wildman–Crippen LogP) is 3.14. The first-order chi connectivity index (χ1) is 10.2. The Hall–Kier alpha value is -1.39. The zero-order valence-electron chi connectivity index (χ0n) is 12.4. The van der Waals surface area contributed by atoms with Crippen LogP contribution in [0.1, 0.15) is 29.1 Å². The number of rotatable bonds is 4. The maximum atomic E-state index is 5.77. The molecule has 0 aliphatic heterocycles. The number of fused-ring (bicyclic) bond motifs is 1. The van der Waals surface area contributed by atoms with Gasteiger partial charge in [-0.15, -0.1) is 11.8 Å². The van der Waals surface area contributed by atoms with E-state index in [9.17, 15) is 0 Å². The van der Waals surface area contributed by atoms with Crippen LogP contribution in [0.25, 0.3) is 0 Å². The fraction of sp³-hybridized carbons (Fsp3) is 0.412. The van der Waals surface area contributed by atoms with Gasteiger partial charge in [0.1, 0.15) is 5.82 Å². The van der Waals surface area contributed by atoms with E-state index in [2.05, 4.69) is 36.2 Å². The molecule has 2 N–H and O–H groups in total. The maximum absolute atomic E-state index is 5.77. The van der Waals surface area contributed by atoms with Gasteiger partial charge >= 0.3 is 0 Å². The molecule has 3 rings (SSSR count). The van der Waals surface area contributed by atoms with Crippen LogP contribution in [0.4, 0.5) is 0 Å². The monoisotopic (exact) mass is 299 g/mol. The van der Waals surface area contributed by atoms with Crippen molar-refractivity contribution in [3.63, 3.8) is 0 Å². The van der Waals surface area contributed by atoms with Crippen LogP contribution in [-0.2, 0) is 18.6 Å². The van der Waals surface area contributed by atoms with Crippen LogP contribution in [0, 0.1) is 12.8 Å². The largest absolute Gasteiger partial charge is 0.330 e. The molecule has 0 amide bonds. The molecule has 4 heteroatoms. The van der Waals surface area contributed by atoms with E-state index in [0.29, 0.717) is 5.92 Å². The summed E-state index contributed by atoms with van der Waals surface area (Å²) >= 11 is 1.79. The molecule has 1 unspecified atom stereocenters. The number of nitrogens with two attached hydrogens (primary N) is 1. The summed E-state index contributed by atoms with van der Waals surface area (Å²) in [5.74, 6) is 2.37. The summed E-state index contributed by atoms with van der Waals surface area (Å²) < 4.78 is 0. The van der Waals surface area contributed by atoms with E-state index in [1.807, 2.05) is 6.20 Å². The minimum absolute atomic E-state index is 0.605. The van der Waals surface area contributed by atoms with E-state index >= 15 is 0 Å². The highest BCUT2D eigenvalue weighted by Gasteiger charge is 2.19. The van der Waals surface area contributed by atoms with Gasteiger partial charge in [-0.2, -0.15) is 0 Å². The van der Waals surface area contributed by atoms with Crippen molar-refractivity contribution >= 4 is 11.8 Å². The normalized spacial score (nSPS) is 17.5. The molecule has 0 spiro atoms. The van der Waals surface area contributed by atoms with E-state index in [1.54, 1.807) is 11.8 Å². The molecule has 1 aromatic carbocycles. The molecule has 1 aliphatic carbocycles. The van der Waals surface area contributed by atoms with Crippen molar-refractivity contribution in [3.8, 4) is 0 Å². The highest BCUT2D eigenvalue weighted by molar-refractivity contribution is 7.98. The molecule has 0 radical (unpaired) electrons. The van der Waals surface area contributed by atoms with Crippen LogP contribution in [0.5, 0.6) is 0 Å². The SMILES string of the molecule is Cc1ccc(SCc2ncc3c(n2)CCC(CN)C3)cc1. The Morgan fingerprint density at radius 3 is 2.86 bits per heavy atom. The second-order valence-electron chi connectivity index (χ2n) is 5.70. The zero-order chi connectivity index (χ0) is 14.7. The van der Waals surface area contributed by atoms with Crippen LogP contribution in [0.2, 0.25) is 0 Å². The van der Waals surface area contributed by atoms with Crippen molar-refractivity contribution in [2.24, 2.45) is 11.7 Å². The molecule has 110 valence electrons. The van der Waals surface area contributed by atoms with Gasteiger partial charge in [-0.1, -0.05) is 17.7 Å². The second-order valence-corrected chi connectivity index (χ2v) is 6.75. The zero-order valence-corrected chi connectivity index (χ0v) is 13.2. The third-order valence-corrected chi connectivity index (χ3v) is 5.03. The van der Waals surface area contributed by atoms with Crippen LogP contribution in [0.15, 0.2) is 35.4 Å². The van der Waals surface area contributed by atoms with Gasteiger partial charge in [0, 0.05) is 16.8 Å². The van der Waals surface area contributed by atoms with Gasteiger partial charge in [-0.05, 0) is 56.3 Å². The Morgan fingerprint density at radius 1 is 1.29 bits per heavy atom. The van der Waals surface area contributed by atoms with E-state index in [4.69, 9.17) is 10.7 Å². The minimum atomic E-state index is 0.605. The first kappa shape index (κ1) is 14.5. The third kappa shape index (κ3) is 3.63. The average molecular weight is 299 g/mol. The van der Waals surface area contributed by atoms with Crippen LogP contribution in [0.3, 0.4) is 0 Å². The molecule has 1 aromatic heterocycles. The van der Waals surface area contributed by atoms with Crippen LogP contribution < -0.4 is 5.73 Å². The van der Waals surface area contributed by atoms with Gasteiger partial charge in [-0.3, -0.25) is 0 Å². The van der Waals surface area contributed by atoms with Crippen molar-refractivity contribution in [2.75, 3.05) is 6.54 Å². The summed E-state index contributed by atoms with van der Waals surface area (Å²) in [6.07, 6.45) is 5.25. The number of nitrogens with zero attached hydrogens (tertiary/aromatic N) is 2. The summed E-state index contributed by atoms with van der Waals surface area (Å²) in [4.78, 5) is 10.5. The smallest absolute Gasteiger partial charge is 0.138 e. The van der Waals surface area contributed by atoms with Crippen molar-refractivity contribution in [3.05, 3.63) is 53.1 Å². The molecule has 3 nitrogen and oxygen atoms in total. The number of hydrogen-bond donors (Lipinski definition) is 1. The predicted molar refractivity (Wildman–Crippen MR) is 87.3 cm³/mol. The average Bonchev–Trinajstić information content (AvgIpc) is 2.53. The highest BCUT2D eigenvalue weighted by Crippen LogP contribution is 2.25. The van der Waals surface area contributed by atoms with Gasteiger partial charge in [0.15, 0.2) is 0 Å². The molecule has 0 bridgehead atoms. The summed E-state index contributed by atoms with van der Waals surface area (Å²) in [6, 6.07) is 8.60. The van der Waals surface area contributed by atoms with Gasteiger partial charge in [0.05, 0.1) is 5.75 Å².